The molecule has 1 saturated heterocycles. The SMILES string of the molecule is CCC(C)(C)NC(C)C1CCOCC1. The highest BCUT2D eigenvalue weighted by Gasteiger charge is 2.25. The third-order valence-corrected chi connectivity index (χ3v) is 3.48. The summed E-state index contributed by atoms with van der Waals surface area (Å²) in [5, 5.41) is 3.72. The van der Waals surface area contributed by atoms with Gasteiger partial charge in [-0.3, -0.25) is 0 Å². The summed E-state index contributed by atoms with van der Waals surface area (Å²) >= 11 is 0. The molecule has 0 aliphatic carbocycles. The molecule has 1 aliphatic rings. The lowest BCUT2D eigenvalue weighted by Crippen LogP contribution is -2.48. The lowest BCUT2D eigenvalue weighted by atomic mass is 9.90. The maximum atomic E-state index is 5.38. The minimum Gasteiger partial charge on any atom is -0.381 e. The molecule has 0 bridgehead atoms. The first-order valence-corrected chi connectivity index (χ1v) is 5.90. The Morgan fingerprint density at radius 3 is 2.43 bits per heavy atom. The molecule has 0 aromatic rings. The van der Waals surface area contributed by atoms with Gasteiger partial charge in [0.25, 0.3) is 0 Å². The number of hydrogen-bond donors (Lipinski definition) is 1. The quantitative estimate of drug-likeness (QED) is 0.751. The van der Waals surface area contributed by atoms with E-state index < -0.39 is 0 Å². The molecule has 0 amide bonds. The van der Waals surface area contributed by atoms with E-state index in [4.69, 9.17) is 4.74 Å². The molecule has 0 aromatic heterocycles. The highest BCUT2D eigenvalue weighted by atomic mass is 16.5. The topological polar surface area (TPSA) is 21.3 Å². The third-order valence-electron chi connectivity index (χ3n) is 3.48. The summed E-state index contributed by atoms with van der Waals surface area (Å²) in [6, 6.07) is 0.619. The Labute approximate surface area is 88.4 Å². The smallest absolute Gasteiger partial charge is 0.0469 e. The Bertz CT molecular complexity index is 162. The summed E-state index contributed by atoms with van der Waals surface area (Å²) in [5.41, 5.74) is 0.276. The van der Waals surface area contributed by atoms with Crippen molar-refractivity contribution < 1.29 is 4.74 Å². The molecule has 2 heteroatoms. The molecule has 0 radical (unpaired) electrons. The molecule has 0 aromatic carbocycles. The second-order valence-electron chi connectivity index (χ2n) is 5.12. The van der Waals surface area contributed by atoms with Crippen LogP contribution in [0.25, 0.3) is 0 Å². The summed E-state index contributed by atoms with van der Waals surface area (Å²) in [7, 11) is 0. The van der Waals surface area contributed by atoms with Crippen molar-refractivity contribution in [2.75, 3.05) is 13.2 Å². The standard InChI is InChI=1S/C12H25NO/c1-5-12(3,4)13-10(2)11-6-8-14-9-7-11/h10-11,13H,5-9H2,1-4H3. The molecule has 1 heterocycles. The zero-order valence-electron chi connectivity index (χ0n) is 10.1. The van der Waals surface area contributed by atoms with Crippen molar-refractivity contribution in [2.24, 2.45) is 5.92 Å². The van der Waals surface area contributed by atoms with Gasteiger partial charge < -0.3 is 10.1 Å². The Kier molecular flexibility index (Phi) is 4.39. The molecule has 1 aliphatic heterocycles. The molecule has 2 nitrogen and oxygen atoms in total. The van der Waals surface area contributed by atoms with Crippen LogP contribution in [0, 0.1) is 5.92 Å². The first-order chi connectivity index (χ1) is 6.55. The van der Waals surface area contributed by atoms with Crippen LogP contribution in [-0.4, -0.2) is 24.8 Å². The van der Waals surface area contributed by atoms with Crippen LogP contribution in [0.3, 0.4) is 0 Å². The van der Waals surface area contributed by atoms with Crippen LogP contribution in [0.2, 0.25) is 0 Å². The van der Waals surface area contributed by atoms with E-state index in [1.165, 1.54) is 19.3 Å². The molecule has 14 heavy (non-hydrogen) atoms. The molecular weight excluding hydrogens is 174 g/mol. The van der Waals surface area contributed by atoms with Crippen LogP contribution in [-0.2, 0) is 4.74 Å². The van der Waals surface area contributed by atoms with Gasteiger partial charge in [-0.15, -0.1) is 0 Å². The maximum absolute atomic E-state index is 5.38. The molecule has 0 saturated carbocycles. The average Bonchev–Trinajstić information content (AvgIpc) is 2.19. The summed E-state index contributed by atoms with van der Waals surface area (Å²) < 4.78 is 5.38. The van der Waals surface area contributed by atoms with Gasteiger partial charge >= 0.3 is 0 Å². The minimum atomic E-state index is 0.276. The predicted molar refractivity (Wildman–Crippen MR) is 60.5 cm³/mol. The van der Waals surface area contributed by atoms with E-state index in [-0.39, 0.29) is 5.54 Å². The van der Waals surface area contributed by atoms with Gasteiger partial charge in [0.1, 0.15) is 0 Å². The first kappa shape index (κ1) is 12.0. The normalized spacial score (nSPS) is 22.3. The predicted octanol–water partition coefficient (Wildman–Crippen LogP) is 2.58. The van der Waals surface area contributed by atoms with Crippen molar-refractivity contribution in [2.45, 2.75) is 58.5 Å². The molecule has 0 spiro atoms. The van der Waals surface area contributed by atoms with Crippen LogP contribution in [0.15, 0.2) is 0 Å². The number of nitrogens with one attached hydrogen (secondary N) is 1. The van der Waals surface area contributed by atoms with Gasteiger partial charge in [0.05, 0.1) is 0 Å². The van der Waals surface area contributed by atoms with E-state index in [1.54, 1.807) is 0 Å². The maximum Gasteiger partial charge on any atom is 0.0469 e. The molecule has 1 atom stereocenters. The fourth-order valence-corrected chi connectivity index (χ4v) is 2.05. The van der Waals surface area contributed by atoms with Crippen molar-refractivity contribution >= 4 is 0 Å². The Hall–Kier alpha value is -0.0800. The molecular formula is C12H25NO. The highest BCUT2D eigenvalue weighted by molar-refractivity contribution is 4.83. The van der Waals surface area contributed by atoms with E-state index in [2.05, 4.69) is 33.0 Å². The van der Waals surface area contributed by atoms with Gasteiger partial charge in [0.2, 0.25) is 0 Å². The van der Waals surface area contributed by atoms with E-state index in [9.17, 15) is 0 Å². The fraction of sp³-hybridized carbons (Fsp3) is 1.00. The van der Waals surface area contributed by atoms with Crippen LogP contribution in [0.4, 0.5) is 0 Å². The first-order valence-electron chi connectivity index (χ1n) is 5.90. The summed E-state index contributed by atoms with van der Waals surface area (Å²) in [5.74, 6) is 0.801. The van der Waals surface area contributed by atoms with E-state index in [0.717, 1.165) is 19.1 Å². The second kappa shape index (κ2) is 5.13. The summed E-state index contributed by atoms with van der Waals surface area (Å²) in [6.07, 6.45) is 3.61. The van der Waals surface area contributed by atoms with Gasteiger partial charge in [0.15, 0.2) is 0 Å². The summed E-state index contributed by atoms with van der Waals surface area (Å²) in [6.45, 7) is 11.0. The lowest BCUT2D eigenvalue weighted by molar-refractivity contribution is 0.0518. The number of rotatable bonds is 4. The van der Waals surface area contributed by atoms with Crippen molar-refractivity contribution in [1.82, 2.24) is 5.32 Å². The van der Waals surface area contributed by atoms with Crippen LogP contribution in [0.1, 0.15) is 47.0 Å². The number of hydrogen-bond acceptors (Lipinski definition) is 2. The van der Waals surface area contributed by atoms with E-state index >= 15 is 0 Å². The van der Waals surface area contributed by atoms with Crippen LogP contribution >= 0.6 is 0 Å². The van der Waals surface area contributed by atoms with Crippen molar-refractivity contribution in [3.05, 3.63) is 0 Å². The molecule has 1 fully saturated rings. The average molecular weight is 199 g/mol. The third kappa shape index (κ3) is 3.58. The lowest BCUT2D eigenvalue weighted by Gasteiger charge is -2.35. The highest BCUT2D eigenvalue weighted by Crippen LogP contribution is 2.21. The Balaban J connectivity index is 2.36. The molecule has 84 valence electrons. The largest absolute Gasteiger partial charge is 0.381 e. The fourth-order valence-electron chi connectivity index (χ4n) is 2.05. The monoisotopic (exact) mass is 199 g/mol. The molecule has 1 N–H and O–H groups in total. The number of ether oxygens (including phenoxy) is 1. The Morgan fingerprint density at radius 1 is 1.36 bits per heavy atom. The Morgan fingerprint density at radius 2 is 1.93 bits per heavy atom. The zero-order chi connectivity index (χ0) is 10.6. The summed E-state index contributed by atoms with van der Waals surface area (Å²) in [4.78, 5) is 0. The van der Waals surface area contributed by atoms with Gasteiger partial charge in [0, 0.05) is 24.8 Å². The zero-order valence-corrected chi connectivity index (χ0v) is 10.1. The van der Waals surface area contributed by atoms with Gasteiger partial charge in [-0.2, -0.15) is 0 Å². The van der Waals surface area contributed by atoms with E-state index in [1.807, 2.05) is 0 Å². The van der Waals surface area contributed by atoms with Crippen molar-refractivity contribution in [3.8, 4) is 0 Å². The van der Waals surface area contributed by atoms with Crippen LogP contribution in [0.5, 0.6) is 0 Å². The van der Waals surface area contributed by atoms with Gasteiger partial charge in [-0.1, -0.05) is 6.92 Å². The molecule has 1 unspecified atom stereocenters. The van der Waals surface area contributed by atoms with Crippen molar-refractivity contribution in [3.63, 3.8) is 0 Å². The van der Waals surface area contributed by atoms with Crippen LogP contribution < -0.4 is 5.32 Å². The van der Waals surface area contributed by atoms with Gasteiger partial charge in [-0.05, 0) is 46.0 Å². The van der Waals surface area contributed by atoms with Gasteiger partial charge in [-0.25, -0.2) is 0 Å². The minimum absolute atomic E-state index is 0.276. The molecule has 1 rings (SSSR count). The van der Waals surface area contributed by atoms with E-state index in [0.29, 0.717) is 6.04 Å². The second-order valence-corrected chi connectivity index (χ2v) is 5.12. The van der Waals surface area contributed by atoms with Crippen molar-refractivity contribution in [1.29, 1.82) is 0 Å².